The molecular weight excluding hydrogens is 398 g/mol. The Morgan fingerprint density at radius 2 is 1.50 bits per heavy atom. The number of hydrogen-bond acceptors (Lipinski definition) is 3. The maximum atomic E-state index is 11.8. The van der Waals surface area contributed by atoms with Crippen molar-refractivity contribution in [2.75, 3.05) is 18.4 Å². The SMILES string of the molecule is O=C(CCNC(=O)Cc1ccccc1)NCC(=O)Nc1ccccc1Br. The van der Waals surface area contributed by atoms with Gasteiger partial charge in [-0.25, -0.2) is 0 Å². The first-order valence-electron chi connectivity index (χ1n) is 8.16. The van der Waals surface area contributed by atoms with Crippen LogP contribution in [0.1, 0.15) is 12.0 Å². The summed E-state index contributed by atoms with van der Waals surface area (Å²) in [7, 11) is 0. The van der Waals surface area contributed by atoms with Crippen LogP contribution in [0.25, 0.3) is 0 Å². The monoisotopic (exact) mass is 417 g/mol. The van der Waals surface area contributed by atoms with E-state index in [1.54, 1.807) is 12.1 Å². The van der Waals surface area contributed by atoms with Gasteiger partial charge in [-0.1, -0.05) is 42.5 Å². The summed E-state index contributed by atoms with van der Waals surface area (Å²) >= 11 is 3.33. The van der Waals surface area contributed by atoms with Gasteiger partial charge < -0.3 is 16.0 Å². The Labute approximate surface area is 160 Å². The van der Waals surface area contributed by atoms with Crippen LogP contribution in [0.5, 0.6) is 0 Å². The first-order valence-corrected chi connectivity index (χ1v) is 8.95. The fourth-order valence-corrected chi connectivity index (χ4v) is 2.57. The van der Waals surface area contributed by atoms with E-state index in [9.17, 15) is 14.4 Å². The predicted molar refractivity (Wildman–Crippen MR) is 104 cm³/mol. The maximum Gasteiger partial charge on any atom is 0.243 e. The lowest BCUT2D eigenvalue weighted by Crippen LogP contribution is -2.35. The molecule has 0 aliphatic rings. The zero-order valence-corrected chi connectivity index (χ0v) is 15.7. The summed E-state index contributed by atoms with van der Waals surface area (Å²) in [5.41, 5.74) is 1.55. The summed E-state index contributed by atoms with van der Waals surface area (Å²) in [4.78, 5) is 35.4. The molecule has 0 spiro atoms. The molecule has 0 bridgehead atoms. The van der Waals surface area contributed by atoms with Crippen molar-refractivity contribution in [1.82, 2.24) is 10.6 Å². The second-order valence-electron chi connectivity index (χ2n) is 5.57. The van der Waals surface area contributed by atoms with Gasteiger partial charge in [-0.15, -0.1) is 0 Å². The van der Waals surface area contributed by atoms with E-state index in [0.29, 0.717) is 5.69 Å². The van der Waals surface area contributed by atoms with E-state index in [1.165, 1.54) is 0 Å². The Kier molecular flexibility index (Phi) is 7.82. The number of amides is 3. The summed E-state index contributed by atoms with van der Waals surface area (Å²) in [6.07, 6.45) is 0.389. The Hall–Kier alpha value is -2.67. The highest BCUT2D eigenvalue weighted by atomic mass is 79.9. The normalized spacial score (nSPS) is 10.0. The molecule has 2 aromatic carbocycles. The molecule has 0 aliphatic heterocycles. The lowest BCUT2D eigenvalue weighted by Gasteiger charge is -2.09. The molecule has 0 heterocycles. The third-order valence-electron chi connectivity index (χ3n) is 3.48. The van der Waals surface area contributed by atoms with Gasteiger partial charge in [0.15, 0.2) is 0 Å². The Morgan fingerprint density at radius 3 is 2.23 bits per heavy atom. The second kappa shape index (κ2) is 10.4. The third kappa shape index (κ3) is 7.06. The molecule has 2 aromatic rings. The van der Waals surface area contributed by atoms with Gasteiger partial charge in [0, 0.05) is 17.4 Å². The van der Waals surface area contributed by atoms with E-state index in [2.05, 4.69) is 31.9 Å². The van der Waals surface area contributed by atoms with Gasteiger partial charge in [0.2, 0.25) is 17.7 Å². The highest BCUT2D eigenvalue weighted by Gasteiger charge is 2.08. The van der Waals surface area contributed by atoms with Crippen LogP contribution in [0.15, 0.2) is 59.1 Å². The molecule has 0 saturated carbocycles. The summed E-state index contributed by atoms with van der Waals surface area (Å²) in [6.45, 7) is 0.0987. The van der Waals surface area contributed by atoms with Gasteiger partial charge in [-0.2, -0.15) is 0 Å². The predicted octanol–water partition coefficient (Wildman–Crippen LogP) is 2.25. The van der Waals surface area contributed by atoms with Crippen molar-refractivity contribution in [3.05, 3.63) is 64.6 Å². The number of benzene rings is 2. The molecule has 0 saturated heterocycles. The molecular formula is C19H20BrN3O3. The van der Waals surface area contributed by atoms with Gasteiger partial charge in [-0.05, 0) is 33.6 Å². The lowest BCUT2D eigenvalue weighted by molar-refractivity contribution is -0.124. The van der Waals surface area contributed by atoms with Crippen LogP contribution in [-0.2, 0) is 20.8 Å². The number of hydrogen-bond donors (Lipinski definition) is 3. The Bertz CT molecular complexity index is 766. The average molecular weight is 418 g/mol. The number of carbonyl (C=O) groups is 3. The van der Waals surface area contributed by atoms with Crippen molar-refractivity contribution in [3.63, 3.8) is 0 Å². The van der Waals surface area contributed by atoms with E-state index in [4.69, 9.17) is 0 Å². The minimum Gasteiger partial charge on any atom is -0.355 e. The van der Waals surface area contributed by atoms with Gasteiger partial charge in [0.05, 0.1) is 18.7 Å². The van der Waals surface area contributed by atoms with Gasteiger partial charge >= 0.3 is 0 Å². The molecule has 0 aromatic heterocycles. The Morgan fingerprint density at radius 1 is 0.808 bits per heavy atom. The van der Waals surface area contributed by atoms with E-state index < -0.39 is 0 Å². The maximum absolute atomic E-state index is 11.8. The van der Waals surface area contributed by atoms with E-state index in [0.717, 1.165) is 10.0 Å². The molecule has 2 rings (SSSR count). The van der Waals surface area contributed by atoms with Gasteiger partial charge in [0.25, 0.3) is 0 Å². The largest absolute Gasteiger partial charge is 0.355 e. The average Bonchev–Trinajstić information content (AvgIpc) is 2.63. The molecule has 0 fully saturated rings. The summed E-state index contributed by atoms with van der Waals surface area (Å²) in [6, 6.07) is 16.6. The molecule has 6 nitrogen and oxygen atoms in total. The quantitative estimate of drug-likeness (QED) is 0.615. The van der Waals surface area contributed by atoms with Crippen molar-refractivity contribution < 1.29 is 14.4 Å². The second-order valence-corrected chi connectivity index (χ2v) is 6.42. The zero-order valence-electron chi connectivity index (χ0n) is 14.1. The van der Waals surface area contributed by atoms with E-state index in [-0.39, 0.29) is 43.7 Å². The molecule has 3 N–H and O–H groups in total. The van der Waals surface area contributed by atoms with Crippen molar-refractivity contribution in [2.45, 2.75) is 12.8 Å². The fourth-order valence-electron chi connectivity index (χ4n) is 2.18. The first-order chi connectivity index (χ1) is 12.5. The summed E-state index contributed by atoms with van der Waals surface area (Å²) in [5.74, 6) is -0.763. The van der Waals surface area contributed by atoms with Crippen LogP contribution in [0.3, 0.4) is 0 Å². The van der Waals surface area contributed by atoms with Crippen LogP contribution in [0, 0.1) is 0 Å². The topological polar surface area (TPSA) is 87.3 Å². The minimum atomic E-state index is -0.321. The van der Waals surface area contributed by atoms with E-state index in [1.807, 2.05) is 42.5 Å². The molecule has 0 unspecified atom stereocenters. The number of rotatable bonds is 8. The first kappa shape index (κ1) is 19.7. The number of halogens is 1. The molecule has 3 amide bonds. The minimum absolute atomic E-state index is 0.114. The Balaban J connectivity index is 1.62. The van der Waals surface area contributed by atoms with Crippen LogP contribution in [-0.4, -0.2) is 30.8 Å². The molecule has 26 heavy (non-hydrogen) atoms. The van der Waals surface area contributed by atoms with Crippen LogP contribution >= 0.6 is 15.9 Å². The summed E-state index contributed by atoms with van der Waals surface area (Å²) < 4.78 is 0.765. The number of para-hydroxylation sites is 1. The van der Waals surface area contributed by atoms with Crippen LogP contribution in [0.2, 0.25) is 0 Å². The highest BCUT2D eigenvalue weighted by molar-refractivity contribution is 9.10. The fraction of sp³-hybridized carbons (Fsp3) is 0.211. The van der Waals surface area contributed by atoms with Crippen molar-refractivity contribution >= 4 is 39.3 Å². The number of anilines is 1. The van der Waals surface area contributed by atoms with Crippen LogP contribution < -0.4 is 16.0 Å². The van der Waals surface area contributed by atoms with Crippen molar-refractivity contribution in [2.24, 2.45) is 0 Å². The van der Waals surface area contributed by atoms with Crippen LogP contribution in [0.4, 0.5) is 5.69 Å². The molecule has 136 valence electrons. The van der Waals surface area contributed by atoms with E-state index >= 15 is 0 Å². The van der Waals surface area contributed by atoms with Crippen molar-refractivity contribution in [3.8, 4) is 0 Å². The number of carbonyl (C=O) groups excluding carboxylic acids is 3. The van der Waals surface area contributed by atoms with Crippen molar-refractivity contribution in [1.29, 1.82) is 0 Å². The smallest absolute Gasteiger partial charge is 0.243 e. The highest BCUT2D eigenvalue weighted by Crippen LogP contribution is 2.20. The number of nitrogens with one attached hydrogen (secondary N) is 3. The molecule has 0 atom stereocenters. The standard InChI is InChI=1S/C19H20BrN3O3/c20-15-8-4-5-9-16(15)23-19(26)13-22-17(24)10-11-21-18(25)12-14-6-2-1-3-7-14/h1-9H,10-13H2,(H,21,25)(H,22,24)(H,23,26). The molecule has 0 radical (unpaired) electrons. The molecule has 7 heteroatoms. The molecule has 0 aliphatic carbocycles. The zero-order chi connectivity index (χ0) is 18.8. The summed E-state index contributed by atoms with van der Waals surface area (Å²) in [5, 5.41) is 7.92. The third-order valence-corrected chi connectivity index (χ3v) is 4.17. The van der Waals surface area contributed by atoms with Gasteiger partial charge in [0.1, 0.15) is 0 Å². The lowest BCUT2D eigenvalue weighted by atomic mass is 10.1. The van der Waals surface area contributed by atoms with Gasteiger partial charge in [-0.3, -0.25) is 14.4 Å².